The Hall–Kier alpha value is -8.34. The maximum absolute atomic E-state index is 2.66. The van der Waals surface area contributed by atoms with Gasteiger partial charge in [0.2, 0.25) is 0 Å². The topological polar surface area (TPSA) is 9.72 Å². The highest BCUT2D eigenvalue weighted by Crippen LogP contribution is 2.58. The molecule has 0 aromatic heterocycles. The lowest BCUT2D eigenvalue weighted by molar-refractivity contribution is 0.590. The molecule has 0 bridgehead atoms. The number of anilines is 8. The largest absolute Gasteiger partial charge is 0.376 e. The van der Waals surface area contributed by atoms with Gasteiger partial charge >= 0.3 is 6.85 Å². The summed E-state index contributed by atoms with van der Waals surface area (Å²) in [4.78, 5) is 7.75. The first-order valence-electron chi connectivity index (χ1n) is 27.1. The molecule has 1 aliphatic carbocycles. The van der Waals surface area contributed by atoms with Gasteiger partial charge in [0.1, 0.15) is 0 Å². The molecule has 3 aliphatic rings. The Bertz CT molecular complexity index is 3820. The first kappa shape index (κ1) is 47.4. The van der Waals surface area contributed by atoms with E-state index in [1.807, 2.05) is 0 Å². The van der Waals surface area contributed by atoms with Crippen molar-refractivity contribution in [3.63, 3.8) is 0 Å². The molecule has 10 aromatic carbocycles. The fourth-order valence-electron chi connectivity index (χ4n) is 12.7. The zero-order valence-corrected chi connectivity index (χ0v) is 45.3. The number of nitrogens with zero attached hydrogens (tertiary/aromatic N) is 3. The number of benzene rings is 10. The third-order valence-corrected chi connectivity index (χ3v) is 16.7. The molecule has 2 aliphatic heterocycles. The standard InChI is InChI=1S/C72H64BN3/c1-47-43-51(49-23-14-11-15-24-49)31-41-63(47)75-65-42-40-56(74(54-36-32-52(33-37-54)70(2,3)4)55-38-34-53(35-39-55)71(5,6)7)45-62(65)73-69-66(75)46-61-67(58-27-16-18-29-60(58)72(61,8)9)68(69)59-28-17-19-30-64(59)76(73)57-26-20-25-50(44-57)48-21-12-10-13-22-48/h10-46H,1-9H3. The van der Waals surface area contributed by atoms with Crippen LogP contribution in [0.4, 0.5) is 45.5 Å². The first-order chi connectivity index (χ1) is 36.6. The highest BCUT2D eigenvalue weighted by Gasteiger charge is 2.49. The lowest BCUT2D eigenvalue weighted by Gasteiger charge is -2.47. The van der Waals surface area contributed by atoms with E-state index < -0.39 is 0 Å². The summed E-state index contributed by atoms with van der Waals surface area (Å²) < 4.78 is 0. The lowest BCUT2D eigenvalue weighted by Crippen LogP contribution is -2.62. The van der Waals surface area contributed by atoms with Crippen molar-refractivity contribution in [2.24, 2.45) is 0 Å². The van der Waals surface area contributed by atoms with Crippen LogP contribution in [0.5, 0.6) is 0 Å². The average Bonchev–Trinajstić information content (AvgIpc) is 3.74. The zero-order chi connectivity index (χ0) is 52.3. The van der Waals surface area contributed by atoms with E-state index in [2.05, 4.69) is 301 Å². The van der Waals surface area contributed by atoms with Gasteiger partial charge in [-0.15, -0.1) is 0 Å². The smallest absolute Gasteiger partial charge is 0.333 e. The van der Waals surface area contributed by atoms with Crippen molar-refractivity contribution in [3.8, 4) is 44.5 Å². The quantitative estimate of drug-likeness (QED) is 0.147. The highest BCUT2D eigenvalue weighted by molar-refractivity contribution is 6.94. The fourth-order valence-corrected chi connectivity index (χ4v) is 12.7. The van der Waals surface area contributed by atoms with Crippen LogP contribution in [-0.2, 0) is 16.2 Å². The van der Waals surface area contributed by atoms with E-state index in [1.54, 1.807) is 0 Å². The van der Waals surface area contributed by atoms with Crippen LogP contribution < -0.4 is 25.5 Å². The molecule has 10 aromatic rings. The first-order valence-corrected chi connectivity index (χ1v) is 27.1. The van der Waals surface area contributed by atoms with E-state index in [4.69, 9.17) is 0 Å². The van der Waals surface area contributed by atoms with Gasteiger partial charge in [-0.3, -0.25) is 0 Å². The summed E-state index contributed by atoms with van der Waals surface area (Å²) in [7, 11) is 0. The van der Waals surface area contributed by atoms with Crippen LogP contribution in [0.25, 0.3) is 44.5 Å². The second-order valence-electron chi connectivity index (χ2n) is 23.9. The summed E-state index contributed by atoms with van der Waals surface area (Å²) >= 11 is 0. The second kappa shape index (κ2) is 17.6. The maximum Gasteiger partial charge on any atom is 0.333 e. The summed E-state index contributed by atoms with van der Waals surface area (Å²) in [5.74, 6) is 0. The zero-order valence-electron chi connectivity index (χ0n) is 45.3. The Kier molecular flexibility index (Phi) is 11.0. The Morgan fingerprint density at radius 2 is 0.947 bits per heavy atom. The van der Waals surface area contributed by atoms with Crippen LogP contribution in [0, 0.1) is 6.92 Å². The summed E-state index contributed by atoms with van der Waals surface area (Å²) in [6.07, 6.45) is 0. The third-order valence-electron chi connectivity index (χ3n) is 16.7. The monoisotopic (exact) mass is 982 g/mol. The van der Waals surface area contributed by atoms with Gasteiger partial charge in [0.25, 0.3) is 0 Å². The molecule has 0 saturated heterocycles. The molecule has 76 heavy (non-hydrogen) atoms. The number of rotatable bonds is 7. The Balaban J connectivity index is 1.13. The van der Waals surface area contributed by atoms with E-state index in [0.717, 1.165) is 22.7 Å². The minimum Gasteiger partial charge on any atom is -0.376 e. The molecule has 2 heterocycles. The number of hydrogen-bond acceptors (Lipinski definition) is 3. The Morgan fingerprint density at radius 1 is 0.408 bits per heavy atom. The van der Waals surface area contributed by atoms with Gasteiger partial charge in [-0.1, -0.05) is 201 Å². The predicted octanol–water partition coefficient (Wildman–Crippen LogP) is 18.4. The van der Waals surface area contributed by atoms with Gasteiger partial charge in [-0.2, -0.15) is 0 Å². The van der Waals surface area contributed by atoms with Crippen molar-refractivity contribution < 1.29 is 0 Å². The Morgan fingerprint density at radius 3 is 1.57 bits per heavy atom. The molecule has 370 valence electrons. The second-order valence-corrected chi connectivity index (χ2v) is 23.9. The van der Waals surface area contributed by atoms with E-state index in [1.165, 1.54) is 106 Å². The predicted molar refractivity (Wildman–Crippen MR) is 325 cm³/mol. The van der Waals surface area contributed by atoms with Crippen molar-refractivity contribution in [2.45, 2.75) is 78.6 Å². The Labute approximate surface area is 450 Å². The van der Waals surface area contributed by atoms with Gasteiger partial charge in [0.15, 0.2) is 0 Å². The third kappa shape index (κ3) is 7.63. The molecule has 4 heteroatoms. The maximum atomic E-state index is 2.66. The molecule has 0 atom stereocenters. The summed E-state index contributed by atoms with van der Waals surface area (Å²) in [6.45, 7) is 20.7. The van der Waals surface area contributed by atoms with Gasteiger partial charge in [0.05, 0.1) is 0 Å². The van der Waals surface area contributed by atoms with Crippen molar-refractivity contribution in [1.82, 2.24) is 0 Å². The number of aryl methyl sites for hydroxylation is 1. The summed E-state index contributed by atoms with van der Waals surface area (Å²) in [6, 6.07) is 84.7. The van der Waals surface area contributed by atoms with Crippen LogP contribution in [0.2, 0.25) is 0 Å². The van der Waals surface area contributed by atoms with Crippen LogP contribution in [0.1, 0.15) is 83.2 Å². The van der Waals surface area contributed by atoms with Crippen molar-refractivity contribution in [1.29, 1.82) is 0 Å². The van der Waals surface area contributed by atoms with Crippen molar-refractivity contribution in [3.05, 3.63) is 252 Å². The van der Waals surface area contributed by atoms with E-state index in [9.17, 15) is 0 Å². The van der Waals surface area contributed by atoms with E-state index in [0.29, 0.717) is 0 Å². The molecular weight excluding hydrogens is 918 g/mol. The molecule has 0 radical (unpaired) electrons. The number of para-hydroxylation sites is 1. The normalized spacial score (nSPS) is 13.9. The summed E-state index contributed by atoms with van der Waals surface area (Å²) in [5, 5.41) is 0. The molecular formula is C72H64BN3. The molecule has 0 amide bonds. The van der Waals surface area contributed by atoms with E-state index >= 15 is 0 Å². The van der Waals surface area contributed by atoms with Gasteiger partial charge < -0.3 is 14.6 Å². The van der Waals surface area contributed by atoms with Gasteiger partial charge in [0, 0.05) is 56.5 Å². The van der Waals surface area contributed by atoms with Gasteiger partial charge in [-0.05, 0) is 174 Å². The number of hydrogen-bond donors (Lipinski definition) is 0. The number of fused-ring (bicyclic) bond motifs is 8. The van der Waals surface area contributed by atoms with Crippen molar-refractivity contribution >= 4 is 63.3 Å². The lowest BCUT2D eigenvalue weighted by atomic mass is 9.43. The minimum atomic E-state index is -0.239. The van der Waals surface area contributed by atoms with Crippen LogP contribution in [0.15, 0.2) is 224 Å². The van der Waals surface area contributed by atoms with Crippen LogP contribution in [-0.4, -0.2) is 6.85 Å². The molecule has 0 spiro atoms. The minimum absolute atomic E-state index is 0.0178. The SMILES string of the molecule is Cc1cc(-c2ccccc2)ccc1N1c2ccc(N(c3ccc(C(C)(C)C)cc3)c3ccc(C(C)(C)C)cc3)cc2B2c3c1cc1c(c3-c3ccccc3N2c2cccc(-c3ccccc3)c2)-c2ccccc2C1(C)C. The van der Waals surface area contributed by atoms with Crippen LogP contribution in [0.3, 0.4) is 0 Å². The molecule has 0 fully saturated rings. The van der Waals surface area contributed by atoms with Crippen LogP contribution >= 0.6 is 0 Å². The van der Waals surface area contributed by atoms with Gasteiger partial charge in [-0.25, -0.2) is 0 Å². The molecule has 0 unspecified atom stereocenters. The average molecular weight is 982 g/mol. The van der Waals surface area contributed by atoms with Crippen molar-refractivity contribution in [2.75, 3.05) is 14.6 Å². The molecule has 13 rings (SSSR count). The highest BCUT2D eigenvalue weighted by atomic mass is 15.2. The fraction of sp³-hybridized carbons (Fsp3) is 0.167. The molecule has 3 nitrogen and oxygen atoms in total. The molecule has 0 N–H and O–H groups in total. The molecule has 0 saturated carbocycles. The summed E-state index contributed by atoms with van der Waals surface area (Å²) in [5.41, 5.74) is 28.3. The van der Waals surface area contributed by atoms with E-state index in [-0.39, 0.29) is 23.1 Å².